The first-order valence-electron chi connectivity index (χ1n) is 12.1. The second-order valence-corrected chi connectivity index (χ2v) is 8.70. The molecule has 0 saturated carbocycles. The highest BCUT2D eigenvalue weighted by molar-refractivity contribution is 5.78. The SMILES string of the molecule is C=CCN1C(=O)C[C@@H](OCc2ccccc2)[C@@H](OCc2ccccc2)[C@H]1COCc1ccccc1. The molecule has 0 spiro atoms. The largest absolute Gasteiger partial charge is 0.375 e. The number of rotatable bonds is 12. The smallest absolute Gasteiger partial charge is 0.225 e. The molecule has 0 unspecified atom stereocenters. The second kappa shape index (κ2) is 13.0. The summed E-state index contributed by atoms with van der Waals surface area (Å²) in [5.41, 5.74) is 3.22. The van der Waals surface area contributed by atoms with Gasteiger partial charge in [0, 0.05) is 6.54 Å². The van der Waals surface area contributed by atoms with Gasteiger partial charge in [-0.05, 0) is 16.7 Å². The lowest BCUT2D eigenvalue weighted by atomic mass is 9.95. The number of benzene rings is 3. The Morgan fingerprint density at radius 3 is 1.83 bits per heavy atom. The molecule has 1 saturated heterocycles. The van der Waals surface area contributed by atoms with E-state index >= 15 is 0 Å². The number of amides is 1. The van der Waals surface area contributed by atoms with E-state index in [-0.39, 0.29) is 30.6 Å². The fourth-order valence-corrected chi connectivity index (χ4v) is 4.36. The van der Waals surface area contributed by atoms with Crippen molar-refractivity contribution in [3.63, 3.8) is 0 Å². The van der Waals surface area contributed by atoms with Crippen molar-refractivity contribution in [2.45, 2.75) is 44.5 Å². The lowest BCUT2D eigenvalue weighted by Crippen LogP contribution is -2.60. The molecule has 35 heavy (non-hydrogen) atoms. The van der Waals surface area contributed by atoms with Crippen molar-refractivity contribution < 1.29 is 19.0 Å². The highest BCUT2D eigenvalue weighted by Crippen LogP contribution is 2.27. The van der Waals surface area contributed by atoms with E-state index in [1.807, 2.05) is 95.9 Å². The number of hydrogen-bond acceptors (Lipinski definition) is 4. The van der Waals surface area contributed by atoms with Gasteiger partial charge in [0.05, 0.1) is 45.0 Å². The molecule has 3 aromatic rings. The Kier molecular flexibility index (Phi) is 9.24. The summed E-state index contributed by atoms with van der Waals surface area (Å²) in [6.45, 7) is 5.96. The summed E-state index contributed by atoms with van der Waals surface area (Å²) in [6.07, 6.45) is 1.29. The molecule has 1 aliphatic rings. The third kappa shape index (κ3) is 7.12. The average Bonchev–Trinajstić information content (AvgIpc) is 2.90. The molecule has 0 aromatic heterocycles. The zero-order valence-corrected chi connectivity index (χ0v) is 20.0. The van der Waals surface area contributed by atoms with Gasteiger partial charge >= 0.3 is 0 Å². The topological polar surface area (TPSA) is 48.0 Å². The summed E-state index contributed by atoms with van der Waals surface area (Å²) < 4.78 is 18.9. The first kappa shape index (κ1) is 24.9. The minimum absolute atomic E-state index is 0.0239. The van der Waals surface area contributed by atoms with E-state index in [1.54, 1.807) is 6.08 Å². The lowest BCUT2D eigenvalue weighted by molar-refractivity contribution is -0.175. The first-order chi connectivity index (χ1) is 17.2. The fourth-order valence-electron chi connectivity index (χ4n) is 4.36. The van der Waals surface area contributed by atoms with Crippen LogP contribution in [-0.4, -0.2) is 42.2 Å². The zero-order valence-electron chi connectivity index (χ0n) is 20.0. The number of piperidine rings is 1. The molecule has 1 amide bonds. The molecule has 3 aromatic carbocycles. The minimum Gasteiger partial charge on any atom is -0.375 e. The van der Waals surface area contributed by atoms with Gasteiger partial charge in [-0.2, -0.15) is 0 Å². The van der Waals surface area contributed by atoms with E-state index in [9.17, 15) is 4.79 Å². The molecular weight excluding hydrogens is 438 g/mol. The maximum absolute atomic E-state index is 13.2. The number of nitrogens with zero attached hydrogens (tertiary/aromatic N) is 1. The molecular formula is C30H33NO4. The van der Waals surface area contributed by atoms with Crippen molar-refractivity contribution in [2.24, 2.45) is 0 Å². The second-order valence-electron chi connectivity index (χ2n) is 8.70. The molecule has 0 radical (unpaired) electrons. The van der Waals surface area contributed by atoms with Gasteiger partial charge in [0.15, 0.2) is 0 Å². The van der Waals surface area contributed by atoms with Crippen LogP contribution in [0, 0.1) is 0 Å². The predicted molar refractivity (Wildman–Crippen MR) is 136 cm³/mol. The van der Waals surface area contributed by atoms with Crippen molar-refractivity contribution in [3.05, 3.63) is 120 Å². The Bertz CT molecular complexity index is 1040. The summed E-state index contributed by atoms with van der Waals surface area (Å²) in [5, 5.41) is 0. The van der Waals surface area contributed by atoms with E-state index < -0.39 is 0 Å². The number of carbonyl (C=O) groups excluding carboxylic acids is 1. The Hall–Kier alpha value is -3.25. The quantitative estimate of drug-likeness (QED) is 0.342. The third-order valence-electron chi connectivity index (χ3n) is 6.16. The Morgan fingerprint density at radius 1 is 0.771 bits per heavy atom. The number of likely N-dealkylation sites (tertiary alicyclic amines) is 1. The minimum atomic E-state index is -0.377. The van der Waals surface area contributed by atoms with Gasteiger partial charge in [0.25, 0.3) is 0 Å². The van der Waals surface area contributed by atoms with Crippen LogP contribution < -0.4 is 0 Å². The number of ether oxygens (including phenoxy) is 3. The summed E-state index contributed by atoms with van der Waals surface area (Å²) in [6, 6.07) is 29.8. The van der Waals surface area contributed by atoms with Crippen molar-refractivity contribution in [1.82, 2.24) is 4.90 Å². The Labute approximate surface area is 207 Å². The standard InChI is InChI=1S/C30H33NO4/c1-2-18-31-27(23-33-20-24-12-6-3-7-13-24)30(35-22-26-16-10-5-11-17-26)28(19-29(31)32)34-21-25-14-8-4-9-15-25/h2-17,27-28,30H,1,18-23H2/t27-,28-,30+/m1/s1. The first-order valence-corrected chi connectivity index (χ1v) is 12.1. The van der Waals surface area contributed by atoms with Gasteiger partial charge in [-0.1, -0.05) is 97.1 Å². The monoisotopic (exact) mass is 471 g/mol. The van der Waals surface area contributed by atoms with Crippen LogP contribution in [-0.2, 0) is 38.8 Å². The number of hydrogen-bond donors (Lipinski definition) is 0. The van der Waals surface area contributed by atoms with Crippen LogP contribution in [0.25, 0.3) is 0 Å². The predicted octanol–water partition coefficient (Wildman–Crippen LogP) is 5.16. The molecule has 0 N–H and O–H groups in total. The van der Waals surface area contributed by atoms with E-state index in [2.05, 4.69) is 6.58 Å². The molecule has 1 aliphatic heterocycles. The van der Waals surface area contributed by atoms with Crippen LogP contribution in [0.4, 0.5) is 0 Å². The molecule has 1 fully saturated rings. The van der Waals surface area contributed by atoms with Crippen LogP contribution >= 0.6 is 0 Å². The molecule has 4 rings (SSSR count). The Balaban J connectivity index is 1.52. The van der Waals surface area contributed by atoms with Crippen LogP contribution in [0.2, 0.25) is 0 Å². The number of carbonyl (C=O) groups is 1. The molecule has 3 atom stereocenters. The van der Waals surface area contributed by atoms with Gasteiger partial charge in [-0.25, -0.2) is 0 Å². The van der Waals surface area contributed by atoms with E-state index in [0.717, 1.165) is 16.7 Å². The molecule has 1 heterocycles. The van der Waals surface area contributed by atoms with Gasteiger partial charge < -0.3 is 19.1 Å². The van der Waals surface area contributed by atoms with Crippen LogP contribution in [0.3, 0.4) is 0 Å². The molecule has 0 bridgehead atoms. The lowest BCUT2D eigenvalue weighted by Gasteiger charge is -2.44. The van der Waals surface area contributed by atoms with Crippen molar-refractivity contribution >= 4 is 5.91 Å². The molecule has 0 aliphatic carbocycles. The van der Waals surface area contributed by atoms with Crippen molar-refractivity contribution in [1.29, 1.82) is 0 Å². The molecule has 5 heteroatoms. The highest BCUT2D eigenvalue weighted by Gasteiger charge is 2.43. The van der Waals surface area contributed by atoms with Gasteiger partial charge in [0.1, 0.15) is 6.10 Å². The van der Waals surface area contributed by atoms with E-state index in [4.69, 9.17) is 14.2 Å². The van der Waals surface area contributed by atoms with Crippen LogP contribution in [0.15, 0.2) is 104 Å². The van der Waals surface area contributed by atoms with Crippen molar-refractivity contribution in [2.75, 3.05) is 13.2 Å². The highest BCUT2D eigenvalue weighted by atomic mass is 16.5. The zero-order chi connectivity index (χ0) is 24.3. The van der Waals surface area contributed by atoms with Gasteiger partial charge in [0.2, 0.25) is 5.91 Å². The van der Waals surface area contributed by atoms with Crippen LogP contribution in [0.1, 0.15) is 23.1 Å². The molecule has 182 valence electrons. The van der Waals surface area contributed by atoms with Crippen LogP contribution in [0.5, 0.6) is 0 Å². The van der Waals surface area contributed by atoms with Gasteiger partial charge in [-0.3, -0.25) is 4.79 Å². The summed E-state index contributed by atoms with van der Waals surface area (Å²) >= 11 is 0. The Morgan fingerprint density at radius 2 is 1.29 bits per heavy atom. The summed E-state index contributed by atoms with van der Waals surface area (Å²) in [4.78, 5) is 15.0. The van der Waals surface area contributed by atoms with Gasteiger partial charge in [-0.15, -0.1) is 6.58 Å². The maximum atomic E-state index is 13.2. The summed E-state index contributed by atoms with van der Waals surface area (Å²) in [5.74, 6) is 0.0239. The normalized spacial score (nSPS) is 20.1. The van der Waals surface area contributed by atoms with E-state index in [1.165, 1.54) is 0 Å². The van der Waals surface area contributed by atoms with E-state index in [0.29, 0.717) is 33.0 Å². The summed E-state index contributed by atoms with van der Waals surface area (Å²) in [7, 11) is 0. The third-order valence-corrected chi connectivity index (χ3v) is 6.16. The maximum Gasteiger partial charge on any atom is 0.225 e. The fraction of sp³-hybridized carbons (Fsp3) is 0.300. The van der Waals surface area contributed by atoms with Crippen molar-refractivity contribution in [3.8, 4) is 0 Å². The molecule has 5 nitrogen and oxygen atoms in total. The average molecular weight is 472 g/mol.